The van der Waals surface area contributed by atoms with Crippen LogP contribution in [0, 0.1) is 10.7 Å². The van der Waals surface area contributed by atoms with Crippen molar-refractivity contribution < 1.29 is 63.6 Å². The number of alkyl halides is 3. The van der Waals surface area contributed by atoms with Crippen LogP contribution in [0.4, 0.5) is 5.69 Å². The van der Waals surface area contributed by atoms with Gasteiger partial charge in [-0.1, -0.05) is 0 Å². The molecule has 1 atom stereocenters. The molecule has 11 rings (SSSR count). The molecule has 5 nitrogen and oxygen atoms in total. The first-order valence-electron chi connectivity index (χ1n) is 17.7. The molecule has 1 N–H and O–H groups in total. The molecule has 264 valence electrons. The summed E-state index contributed by atoms with van der Waals surface area (Å²) in [5.74, 6) is 0. The SMILES string of the molecule is O=c1c2ccccc2n(-c2ccc(C3Nc4ccccc4[I-]3)cc2)c2cc3c(=O)c4ccccc4n(-c4ccc(C5[I-]c6ccccc6[I-]5)cc4)c3cc12. The van der Waals surface area contributed by atoms with Gasteiger partial charge in [0.15, 0.2) is 0 Å². The van der Waals surface area contributed by atoms with Crippen LogP contribution in [0.2, 0.25) is 0 Å². The number of para-hydroxylation sites is 3. The average Bonchev–Trinajstić information content (AvgIpc) is 3.87. The van der Waals surface area contributed by atoms with Gasteiger partial charge in [0.25, 0.3) is 0 Å². The fraction of sp³-hybridized carbons (Fsp3) is 0.0435. The molecule has 7 aromatic carbocycles. The van der Waals surface area contributed by atoms with E-state index in [9.17, 15) is 9.59 Å². The van der Waals surface area contributed by atoms with Gasteiger partial charge in [-0.3, -0.25) is 0 Å². The van der Waals surface area contributed by atoms with Crippen molar-refractivity contribution >= 4 is 49.3 Å². The molecule has 2 aromatic heterocycles. The molecule has 0 bridgehead atoms. The number of halogens is 3. The second-order valence-corrected chi connectivity index (χ2v) is 24.9. The zero-order valence-corrected chi connectivity index (χ0v) is 35.0. The first-order valence-corrected chi connectivity index (χ1v) is 24.7. The minimum atomic E-state index is -0.220. The Balaban J connectivity index is 1.09. The van der Waals surface area contributed by atoms with Crippen LogP contribution in [0.15, 0.2) is 167 Å². The maximum absolute atomic E-state index is 14.4. The fourth-order valence-corrected chi connectivity index (χ4v) is 21.2. The average molecular weight is 1040 g/mol. The van der Waals surface area contributed by atoms with Crippen LogP contribution < -0.4 is 79.8 Å². The third kappa shape index (κ3) is 5.27. The molecule has 0 amide bonds. The van der Waals surface area contributed by atoms with Crippen LogP contribution in [0.3, 0.4) is 0 Å². The molecule has 2 aliphatic heterocycles. The monoisotopic (exact) mass is 1040 g/mol. The second-order valence-electron chi connectivity index (χ2n) is 13.5. The zero-order valence-electron chi connectivity index (χ0n) is 28.5. The fourth-order valence-electron chi connectivity index (χ4n) is 7.77. The van der Waals surface area contributed by atoms with Crippen molar-refractivity contribution in [3.8, 4) is 11.4 Å². The molecule has 0 aliphatic carbocycles. The number of benzene rings is 7. The van der Waals surface area contributed by atoms with Gasteiger partial charge in [-0.2, -0.15) is 0 Å². The van der Waals surface area contributed by atoms with Gasteiger partial charge in [0.2, 0.25) is 0 Å². The molecule has 2 aliphatic rings. The van der Waals surface area contributed by atoms with E-state index in [0.717, 1.165) is 33.4 Å². The molecule has 0 spiro atoms. The van der Waals surface area contributed by atoms with E-state index in [0.29, 0.717) is 27.5 Å². The van der Waals surface area contributed by atoms with E-state index in [1.165, 1.54) is 20.4 Å². The van der Waals surface area contributed by atoms with Crippen molar-refractivity contribution in [3.63, 3.8) is 0 Å². The van der Waals surface area contributed by atoms with Crippen LogP contribution in [-0.4, -0.2) is 9.13 Å². The first-order chi connectivity index (χ1) is 26.6. The van der Waals surface area contributed by atoms with Gasteiger partial charge in [0, 0.05) is 0 Å². The Morgan fingerprint density at radius 2 is 0.889 bits per heavy atom. The molecular formula is C46H29I3N3O2-3. The number of nitrogens with zero attached hydrogens (tertiary/aromatic N) is 2. The molecule has 0 fully saturated rings. The van der Waals surface area contributed by atoms with Crippen molar-refractivity contribution in [2.24, 2.45) is 0 Å². The van der Waals surface area contributed by atoms with Gasteiger partial charge in [-0.15, -0.1) is 0 Å². The molecule has 1 unspecified atom stereocenters. The normalized spacial score (nSPS) is 15.7. The Kier molecular flexibility index (Phi) is 7.94. The van der Waals surface area contributed by atoms with E-state index in [2.05, 4.69) is 112 Å². The molecule has 0 saturated heterocycles. The summed E-state index contributed by atoms with van der Waals surface area (Å²) in [5.41, 5.74) is 8.86. The van der Waals surface area contributed by atoms with E-state index < -0.39 is 0 Å². The van der Waals surface area contributed by atoms with Gasteiger partial charge >= 0.3 is 345 Å². The van der Waals surface area contributed by atoms with Crippen molar-refractivity contribution in [1.82, 2.24) is 9.13 Å². The first kappa shape index (κ1) is 32.9. The van der Waals surface area contributed by atoms with E-state index in [1.54, 1.807) is 7.14 Å². The number of hydrogen-bond donors (Lipinski definition) is 1. The number of nitrogens with one attached hydrogen (secondary N) is 1. The Morgan fingerprint density at radius 3 is 1.43 bits per heavy atom. The summed E-state index contributed by atoms with van der Waals surface area (Å²) >= 11 is -0.348. The predicted octanol–water partition coefficient (Wildman–Crippen LogP) is 0.214. The summed E-state index contributed by atoms with van der Waals surface area (Å²) in [6.07, 6.45) is 0. The van der Waals surface area contributed by atoms with Gasteiger partial charge in [0.05, 0.1) is 0 Å². The topological polar surface area (TPSA) is 56.0 Å². The zero-order chi connectivity index (χ0) is 35.9. The van der Waals surface area contributed by atoms with Crippen LogP contribution in [0.1, 0.15) is 17.1 Å². The summed E-state index contributed by atoms with van der Waals surface area (Å²) in [4.78, 5) is 28.9. The Hall–Kier alpha value is -4.53. The van der Waals surface area contributed by atoms with Crippen molar-refractivity contribution in [1.29, 1.82) is 0 Å². The second kappa shape index (κ2) is 13.1. The van der Waals surface area contributed by atoms with Gasteiger partial charge in [0.1, 0.15) is 0 Å². The Bertz CT molecular complexity index is 2860. The number of pyridine rings is 2. The van der Waals surface area contributed by atoms with Crippen LogP contribution in [0.25, 0.3) is 55.0 Å². The quantitative estimate of drug-likeness (QED) is 0.119. The standard InChI is InChI=1S/C46H29I3N3O2/c53-43-31-9-1-7-15-39(31)51(29-21-17-27(18-22-29)45-47-35-11-3-4-12-36(35)48-45)41-25-34-42(26-33(41)43)52(40-16-8-2-10-32(40)44(34)54)30-23-19-28(20-24-30)46-49-37-13-5-6-14-38(37)50-46/h1-26,45-46,50H/q-3. The predicted molar refractivity (Wildman–Crippen MR) is 206 cm³/mol. The number of rotatable bonds is 4. The van der Waals surface area contributed by atoms with Crippen LogP contribution >= 0.6 is 0 Å². The molecular weight excluding hydrogens is 1010 g/mol. The third-order valence-corrected chi connectivity index (χ3v) is 23.6. The van der Waals surface area contributed by atoms with Crippen molar-refractivity contribution in [2.75, 3.05) is 5.32 Å². The number of fused-ring (bicyclic) bond motifs is 6. The molecule has 0 radical (unpaired) electrons. The van der Waals surface area contributed by atoms with Crippen LogP contribution in [-0.2, 0) is 0 Å². The summed E-state index contributed by atoms with van der Waals surface area (Å²) in [6.45, 7) is 0. The van der Waals surface area contributed by atoms with Gasteiger partial charge in [-0.25, -0.2) is 0 Å². The maximum atomic E-state index is 14.4. The van der Waals surface area contributed by atoms with Crippen molar-refractivity contribution in [3.05, 3.63) is 200 Å². The number of anilines is 1. The molecule has 4 heterocycles. The van der Waals surface area contributed by atoms with Gasteiger partial charge < -0.3 is 0 Å². The molecule has 8 heteroatoms. The van der Waals surface area contributed by atoms with Crippen LogP contribution in [0.5, 0.6) is 0 Å². The summed E-state index contributed by atoms with van der Waals surface area (Å²) in [7, 11) is 0. The molecule has 9 aromatic rings. The Labute approximate surface area is 341 Å². The van der Waals surface area contributed by atoms with E-state index >= 15 is 0 Å². The minimum absolute atomic E-state index is 0.0353. The molecule has 0 saturated carbocycles. The number of hydrogen-bond acceptors (Lipinski definition) is 3. The third-order valence-electron chi connectivity index (χ3n) is 10.3. The molecule has 54 heavy (non-hydrogen) atoms. The number of aromatic nitrogens is 2. The van der Waals surface area contributed by atoms with E-state index in [1.807, 2.05) is 60.7 Å². The summed E-state index contributed by atoms with van der Waals surface area (Å²) < 4.78 is 9.91. The summed E-state index contributed by atoms with van der Waals surface area (Å²) in [6, 6.07) is 54.9. The summed E-state index contributed by atoms with van der Waals surface area (Å²) in [5, 5.41) is 6.20. The Morgan fingerprint density at radius 1 is 0.426 bits per heavy atom. The van der Waals surface area contributed by atoms with Crippen molar-refractivity contribution in [2.45, 2.75) is 5.98 Å². The van der Waals surface area contributed by atoms with Gasteiger partial charge in [-0.05, 0) is 0 Å². The van der Waals surface area contributed by atoms with E-state index in [4.69, 9.17) is 0 Å². The van der Waals surface area contributed by atoms with E-state index in [-0.39, 0.29) is 74.5 Å².